The zero-order chi connectivity index (χ0) is 24.5. The average Bonchev–Trinajstić information content (AvgIpc) is 3.26. The van der Waals surface area contributed by atoms with Crippen LogP contribution < -0.4 is 0 Å². The van der Waals surface area contributed by atoms with Gasteiger partial charge in [0.05, 0.1) is 31.5 Å². The zero-order valence-corrected chi connectivity index (χ0v) is 20.0. The molecule has 0 fully saturated rings. The molecule has 4 nitrogen and oxygen atoms in total. The first-order valence-corrected chi connectivity index (χ1v) is 12.0. The lowest BCUT2D eigenvalue weighted by atomic mass is 9.81. The summed E-state index contributed by atoms with van der Waals surface area (Å²) in [5.74, 6) is -0.269. The van der Waals surface area contributed by atoms with Crippen LogP contribution in [-0.2, 0) is 28.3 Å². The van der Waals surface area contributed by atoms with Crippen molar-refractivity contribution < 1.29 is 13.9 Å². The fraction of sp³-hybridized carbons (Fsp3) is 0.300. The lowest BCUT2D eigenvalue weighted by Crippen LogP contribution is -2.32. The predicted octanol–water partition coefficient (Wildman–Crippen LogP) is 5.96. The van der Waals surface area contributed by atoms with E-state index in [0.29, 0.717) is 25.4 Å². The summed E-state index contributed by atoms with van der Waals surface area (Å²) in [6.45, 7) is 8.04. The SMILES string of the molecule is C=CCN(CCCC1(c2ccc(F)cc2)OCc2cc(C#N)ccc21)CCOCc1ccccc1. The van der Waals surface area contributed by atoms with E-state index in [4.69, 9.17) is 9.47 Å². The summed E-state index contributed by atoms with van der Waals surface area (Å²) in [4.78, 5) is 2.32. The highest BCUT2D eigenvalue weighted by Gasteiger charge is 2.41. The number of nitriles is 1. The molecule has 3 aromatic rings. The van der Waals surface area contributed by atoms with Crippen LogP contribution in [0.5, 0.6) is 0 Å². The lowest BCUT2D eigenvalue weighted by Gasteiger charge is -2.32. The lowest BCUT2D eigenvalue weighted by molar-refractivity contribution is -0.0148. The predicted molar refractivity (Wildman–Crippen MR) is 135 cm³/mol. The van der Waals surface area contributed by atoms with Gasteiger partial charge >= 0.3 is 0 Å². The van der Waals surface area contributed by atoms with Crippen LogP contribution in [0.25, 0.3) is 0 Å². The first-order valence-electron chi connectivity index (χ1n) is 12.0. The standard InChI is InChI=1S/C30H31FN2O2/c1-2-16-33(18-19-34-22-24-7-4-3-5-8-24)17-6-15-30(27-10-12-28(31)13-11-27)29-14-9-25(21-32)20-26(29)23-35-30/h2-5,7-14,20H,1,6,15-19,22-23H2. The van der Waals surface area contributed by atoms with E-state index in [1.807, 2.05) is 54.6 Å². The average molecular weight is 471 g/mol. The molecule has 35 heavy (non-hydrogen) atoms. The van der Waals surface area contributed by atoms with Crippen LogP contribution in [0.3, 0.4) is 0 Å². The summed E-state index contributed by atoms with van der Waals surface area (Å²) < 4.78 is 26.0. The van der Waals surface area contributed by atoms with Crippen molar-refractivity contribution in [2.24, 2.45) is 0 Å². The summed E-state index contributed by atoms with van der Waals surface area (Å²) >= 11 is 0. The van der Waals surface area contributed by atoms with Crippen LogP contribution in [0.15, 0.2) is 85.5 Å². The second-order valence-electron chi connectivity index (χ2n) is 8.84. The Labute approximate surface area is 207 Å². The number of fused-ring (bicyclic) bond motifs is 1. The Morgan fingerprint density at radius 2 is 1.89 bits per heavy atom. The third-order valence-corrected chi connectivity index (χ3v) is 6.51. The number of ether oxygens (including phenoxy) is 2. The molecule has 0 N–H and O–H groups in total. The molecule has 0 aliphatic carbocycles. The number of halogens is 1. The van der Waals surface area contributed by atoms with Crippen LogP contribution in [0.1, 0.15) is 40.7 Å². The van der Waals surface area contributed by atoms with Crippen molar-refractivity contribution in [1.82, 2.24) is 4.90 Å². The molecule has 180 valence electrons. The van der Waals surface area contributed by atoms with Crippen molar-refractivity contribution in [2.75, 3.05) is 26.2 Å². The highest BCUT2D eigenvalue weighted by molar-refractivity contribution is 5.48. The van der Waals surface area contributed by atoms with Gasteiger partial charge in [0.1, 0.15) is 11.4 Å². The molecular weight excluding hydrogens is 439 g/mol. The summed E-state index contributed by atoms with van der Waals surface area (Å²) in [5.41, 5.74) is 4.15. The molecule has 1 aliphatic rings. The Hall–Kier alpha value is -3.30. The van der Waals surface area contributed by atoms with Crippen molar-refractivity contribution in [3.05, 3.63) is 119 Å². The molecule has 4 rings (SSSR count). The molecule has 0 bridgehead atoms. The van der Waals surface area contributed by atoms with Crippen LogP contribution in [0.4, 0.5) is 4.39 Å². The minimum Gasteiger partial charge on any atom is -0.375 e. The number of hydrogen-bond donors (Lipinski definition) is 0. The van der Waals surface area contributed by atoms with E-state index in [0.717, 1.165) is 49.2 Å². The minimum atomic E-state index is -0.652. The van der Waals surface area contributed by atoms with Crippen molar-refractivity contribution in [3.8, 4) is 6.07 Å². The van der Waals surface area contributed by atoms with Crippen molar-refractivity contribution in [3.63, 3.8) is 0 Å². The van der Waals surface area contributed by atoms with E-state index in [1.54, 1.807) is 0 Å². The van der Waals surface area contributed by atoms with Gasteiger partial charge in [0.2, 0.25) is 0 Å². The van der Waals surface area contributed by atoms with Gasteiger partial charge in [0.15, 0.2) is 0 Å². The smallest absolute Gasteiger partial charge is 0.123 e. The topological polar surface area (TPSA) is 45.5 Å². The molecule has 1 atom stereocenters. The van der Waals surface area contributed by atoms with E-state index in [1.165, 1.54) is 17.7 Å². The first-order chi connectivity index (χ1) is 17.1. The monoisotopic (exact) mass is 470 g/mol. The second-order valence-corrected chi connectivity index (χ2v) is 8.84. The van der Waals surface area contributed by atoms with Gasteiger partial charge in [-0.2, -0.15) is 5.26 Å². The third kappa shape index (κ3) is 6.04. The molecule has 3 aromatic carbocycles. The van der Waals surface area contributed by atoms with E-state index >= 15 is 0 Å². The van der Waals surface area contributed by atoms with Gasteiger partial charge in [-0.05, 0) is 65.9 Å². The quantitative estimate of drug-likeness (QED) is 0.242. The molecule has 1 heterocycles. The highest BCUT2D eigenvalue weighted by atomic mass is 19.1. The maximum atomic E-state index is 13.7. The van der Waals surface area contributed by atoms with E-state index < -0.39 is 5.60 Å². The maximum absolute atomic E-state index is 13.7. The Bertz CT molecular complexity index is 1160. The number of benzene rings is 3. The normalized spacial score (nSPS) is 16.7. The van der Waals surface area contributed by atoms with Gasteiger partial charge in [-0.25, -0.2) is 4.39 Å². The fourth-order valence-corrected chi connectivity index (χ4v) is 4.75. The number of rotatable bonds is 12. The van der Waals surface area contributed by atoms with Gasteiger partial charge in [0.25, 0.3) is 0 Å². The highest BCUT2D eigenvalue weighted by Crippen LogP contribution is 2.45. The van der Waals surface area contributed by atoms with Crippen molar-refractivity contribution in [1.29, 1.82) is 5.26 Å². The zero-order valence-electron chi connectivity index (χ0n) is 20.0. The molecule has 0 saturated carbocycles. The number of hydrogen-bond acceptors (Lipinski definition) is 4. The van der Waals surface area contributed by atoms with E-state index in [9.17, 15) is 9.65 Å². The molecule has 5 heteroatoms. The van der Waals surface area contributed by atoms with Crippen molar-refractivity contribution >= 4 is 0 Å². The summed E-state index contributed by atoms with van der Waals surface area (Å²) in [7, 11) is 0. The summed E-state index contributed by atoms with van der Waals surface area (Å²) in [6, 6.07) is 24.7. The van der Waals surface area contributed by atoms with Crippen LogP contribution in [-0.4, -0.2) is 31.1 Å². The largest absolute Gasteiger partial charge is 0.375 e. The maximum Gasteiger partial charge on any atom is 0.123 e. The van der Waals surface area contributed by atoms with Gasteiger partial charge in [0, 0.05) is 13.1 Å². The molecule has 0 saturated heterocycles. The Morgan fingerprint density at radius 3 is 2.63 bits per heavy atom. The molecule has 1 unspecified atom stereocenters. The minimum absolute atomic E-state index is 0.269. The third-order valence-electron chi connectivity index (χ3n) is 6.51. The molecule has 0 radical (unpaired) electrons. The molecule has 0 aromatic heterocycles. The van der Waals surface area contributed by atoms with Gasteiger partial charge in [-0.15, -0.1) is 6.58 Å². The molecule has 1 aliphatic heterocycles. The molecular formula is C30H31FN2O2. The summed E-state index contributed by atoms with van der Waals surface area (Å²) in [5, 5.41) is 9.30. The molecule has 0 spiro atoms. The molecule has 0 amide bonds. The van der Waals surface area contributed by atoms with Crippen LogP contribution in [0.2, 0.25) is 0 Å². The van der Waals surface area contributed by atoms with Gasteiger partial charge < -0.3 is 9.47 Å². The Kier molecular flexibility index (Phi) is 8.44. The Balaban J connectivity index is 1.42. The van der Waals surface area contributed by atoms with Crippen LogP contribution in [0, 0.1) is 17.1 Å². The van der Waals surface area contributed by atoms with Crippen molar-refractivity contribution in [2.45, 2.75) is 31.7 Å². The summed E-state index contributed by atoms with van der Waals surface area (Å²) in [6.07, 6.45) is 3.54. The second kappa shape index (κ2) is 11.9. The fourth-order valence-electron chi connectivity index (χ4n) is 4.75. The van der Waals surface area contributed by atoms with E-state index in [2.05, 4.69) is 29.7 Å². The Morgan fingerprint density at radius 1 is 1.09 bits per heavy atom. The van der Waals surface area contributed by atoms with Crippen LogP contribution >= 0.6 is 0 Å². The van der Waals surface area contributed by atoms with Gasteiger partial charge in [-0.3, -0.25) is 4.90 Å². The van der Waals surface area contributed by atoms with E-state index in [-0.39, 0.29) is 5.82 Å². The first kappa shape index (κ1) is 24.8. The number of nitrogens with zero attached hydrogens (tertiary/aromatic N) is 2. The van der Waals surface area contributed by atoms with Gasteiger partial charge in [-0.1, -0.05) is 54.6 Å².